The molecule has 3 N–H and O–H groups in total. The second kappa shape index (κ2) is 5.80. The van der Waals surface area contributed by atoms with Crippen LogP contribution in [0.1, 0.15) is 5.56 Å². The monoisotopic (exact) mass is 270 g/mol. The van der Waals surface area contributed by atoms with Gasteiger partial charge in [0, 0.05) is 12.3 Å². The molecule has 0 spiro atoms. The lowest BCUT2D eigenvalue weighted by Gasteiger charge is -2.13. The molecule has 0 amide bonds. The molecule has 0 saturated carbocycles. The van der Waals surface area contributed by atoms with Gasteiger partial charge in [0.05, 0.1) is 31.2 Å². The molecule has 20 heavy (non-hydrogen) atoms. The van der Waals surface area contributed by atoms with Crippen LogP contribution in [0, 0.1) is 11.3 Å². The van der Waals surface area contributed by atoms with Gasteiger partial charge in [-0.2, -0.15) is 5.26 Å². The first-order valence-corrected chi connectivity index (χ1v) is 5.83. The van der Waals surface area contributed by atoms with Crippen LogP contribution in [0.2, 0.25) is 0 Å². The zero-order valence-electron chi connectivity index (χ0n) is 11.2. The van der Waals surface area contributed by atoms with Crippen molar-refractivity contribution in [1.29, 1.82) is 5.26 Å². The molecule has 1 aromatic heterocycles. The number of nitrogen functional groups attached to an aromatic ring is 1. The maximum Gasteiger partial charge on any atom is 0.155 e. The standard InChI is InChI=1S/C14H14N4O2/c1-19-10-3-4-12(20-2)11(7-10)18-14-13(16)9(8-15)5-6-17-14/h3-7H,16H2,1-2H3,(H,17,18). The number of nitrogens with zero attached hydrogens (tertiary/aromatic N) is 2. The largest absolute Gasteiger partial charge is 0.497 e. The highest BCUT2D eigenvalue weighted by atomic mass is 16.5. The van der Waals surface area contributed by atoms with E-state index in [1.165, 1.54) is 6.20 Å². The van der Waals surface area contributed by atoms with E-state index in [0.717, 1.165) is 0 Å². The molecule has 0 saturated heterocycles. The number of anilines is 3. The molecule has 0 fully saturated rings. The van der Waals surface area contributed by atoms with Crippen molar-refractivity contribution in [1.82, 2.24) is 4.98 Å². The van der Waals surface area contributed by atoms with Gasteiger partial charge in [-0.3, -0.25) is 0 Å². The summed E-state index contributed by atoms with van der Waals surface area (Å²) in [7, 11) is 3.14. The number of aromatic nitrogens is 1. The van der Waals surface area contributed by atoms with Crippen molar-refractivity contribution < 1.29 is 9.47 Å². The van der Waals surface area contributed by atoms with Crippen LogP contribution in [0.5, 0.6) is 11.5 Å². The number of nitrogens with one attached hydrogen (secondary N) is 1. The molecule has 2 rings (SSSR count). The van der Waals surface area contributed by atoms with Crippen molar-refractivity contribution in [3.63, 3.8) is 0 Å². The third kappa shape index (κ3) is 2.57. The molecule has 0 atom stereocenters. The molecule has 2 aromatic rings. The summed E-state index contributed by atoms with van der Waals surface area (Å²) < 4.78 is 10.4. The third-order valence-corrected chi connectivity index (χ3v) is 2.77. The summed E-state index contributed by atoms with van der Waals surface area (Å²) in [6.45, 7) is 0. The van der Waals surface area contributed by atoms with Crippen molar-refractivity contribution in [2.45, 2.75) is 0 Å². The Bertz CT molecular complexity index is 665. The average molecular weight is 270 g/mol. The number of ether oxygens (including phenoxy) is 2. The van der Waals surface area contributed by atoms with E-state index in [1.807, 2.05) is 6.07 Å². The number of pyridine rings is 1. The number of benzene rings is 1. The quantitative estimate of drug-likeness (QED) is 0.885. The lowest BCUT2D eigenvalue weighted by atomic mass is 10.2. The molecule has 0 unspecified atom stereocenters. The van der Waals surface area contributed by atoms with E-state index in [4.69, 9.17) is 20.5 Å². The zero-order valence-corrected chi connectivity index (χ0v) is 11.2. The zero-order chi connectivity index (χ0) is 14.5. The Kier molecular flexibility index (Phi) is 3.91. The van der Waals surface area contributed by atoms with Gasteiger partial charge < -0.3 is 20.5 Å². The van der Waals surface area contributed by atoms with E-state index >= 15 is 0 Å². The first-order chi connectivity index (χ1) is 9.69. The molecule has 0 aliphatic rings. The third-order valence-electron chi connectivity index (χ3n) is 2.77. The molecular weight excluding hydrogens is 256 g/mol. The molecule has 0 aliphatic heterocycles. The fourth-order valence-electron chi connectivity index (χ4n) is 1.71. The number of nitrogens with two attached hydrogens (primary N) is 1. The normalized spacial score (nSPS) is 9.65. The highest BCUT2D eigenvalue weighted by molar-refractivity contribution is 5.76. The molecule has 1 aromatic carbocycles. The van der Waals surface area contributed by atoms with Crippen LogP contribution in [-0.4, -0.2) is 19.2 Å². The van der Waals surface area contributed by atoms with Crippen molar-refractivity contribution in [2.24, 2.45) is 0 Å². The van der Waals surface area contributed by atoms with Gasteiger partial charge >= 0.3 is 0 Å². The van der Waals surface area contributed by atoms with Crippen LogP contribution < -0.4 is 20.5 Å². The van der Waals surface area contributed by atoms with Crippen LogP contribution in [-0.2, 0) is 0 Å². The molecule has 0 aliphatic carbocycles. The molecule has 102 valence electrons. The highest BCUT2D eigenvalue weighted by Crippen LogP contribution is 2.32. The number of hydrogen-bond donors (Lipinski definition) is 2. The molecule has 1 heterocycles. The lowest BCUT2D eigenvalue weighted by molar-refractivity contribution is 0.405. The molecule has 6 heteroatoms. The molecule has 0 bridgehead atoms. The molecule has 6 nitrogen and oxygen atoms in total. The van der Waals surface area contributed by atoms with E-state index in [9.17, 15) is 0 Å². The second-order valence-electron chi connectivity index (χ2n) is 3.92. The fraction of sp³-hybridized carbons (Fsp3) is 0.143. The Balaban J connectivity index is 2.42. The van der Waals surface area contributed by atoms with Crippen LogP contribution in [0.3, 0.4) is 0 Å². The highest BCUT2D eigenvalue weighted by Gasteiger charge is 2.10. The van der Waals surface area contributed by atoms with Crippen LogP contribution in [0.15, 0.2) is 30.5 Å². The molecule has 0 radical (unpaired) electrons. The van der Waals surface area contributed by atoms with Gasteiger partial charge in [-0.1, -0.05) is 0 Å². The smallest absolute Gasteiger partial charge is 0.155 e. The first kappa shape index (κ1) is 13.5. The Labute approximate surface area is 116 Å². The minimum absolute atomic E-state index is 0.292. The van der Waals surface area contributed by atoms with E-state index in [1.54, 1.807) is 38.5 Å². The van der Waals surface area contributed by atoms with Crippen LogP contribution in [0.25, 0.3) is 0 Å². The van der Waals surface area contributed by atoms with Gasteiger partial charge in [-0.25, -0.2) is 4.98 Å². The predicted octanol–water partition coefficient (Wildman–Crippen LogP) is 2.30. The summed E-state index contributed by atoms with van der Waals surface area (Å²) in [5.41, 5.74) is 7.19. The minimum Gasteiger partial charge on any atom is -0.497 e. The topological polar surface area (TPSA) is 93.2 Å². The van der Waals surface area contributed by atoms with E-state index in [0.29, 0.717) is 34.3 Å². The molecular formula is C14H14N4O2. The summed E-state index contributed by atoms with van der Waals surface area (Å²) in [5, 5.41) is 12.0. The minimum atomic E-state index is 0.292. The Morgan fingerprint density at radius 2 is 2.05 bits per heavy atom. The van der Waals surface area contributed by atoms with Crippen molar-refractivity contribution in [3.8, 4) is 17.6 Å². The van der Waals surface area contributed by atoms with E-state index < -0.39 is 0 Å². The fourth-order valence-corrected chi connectivity index (χ4v) is 1.71. The van der Waals surface area contributed by atoms with Crippen LogP contribution in [0.4, 0.5) is 17.2 Å². The SMILES string of the molecule is COc1ccc(OC)c(Nc2nccc(C#N)c2N)c1. The van der Waals surface area contributed by atoms with Gasteiger partial charge in [0.15, 0.2) is 5.82 Å². The van der Waals surface area contributed by atoms with Gasteiger partial charge in [0.25, 0.3) is 0 Å². The van der Waals surface area contributed by atoms with Gasteiger partial charge in [0.1, 0.15) is 17.6 Å². The van der Waals surface area contributed by atoms with Gasteiger partial charge in [0.2, 0.25) is 0 Å². The number of nitriles is 1. The van der Waals surface area contributed by atoms with Gasteiger partial charge in [-0.15, -0.1) is 0 Å². The number of hydrogen-bond acceptors (Lipinski definition) is 6. The Morgan fingerprint density at radius 1 is 1.25 bits per heavy atom. The first-order valence-electron chi connectivity index (χ1n) is 5.83. The van der Waals surface area contributed by atoms with Crippen molar-refractivity contribution in [2.75, 3.05) is 25.3 Å². The lowest BCUT2D eigenvalue weighted by Crippen LogP contribution is -2.02. The number of rotatable bonds is 4. The van der Waals surface area contributed by atoms with E-state index in [2.05, 4.69) is 10.3 Å². The summed E-state index contributed by atoms with van der Waals surface area (Å²) in [4.78, 5) is 4.13. The summed E-state index contributed by atoms with van der Waals surface area (Å²) >= 11 is 0. The Morgan fingerprint density at radius 3 is 2.70 bits per heavy atom. The van der Waals surface area contributed by atoms with Crippen molar-refractivity contribution in [3.05, 3.63) is 36.0 Å². The number of methoxy groups -OCH3 is 2. The van der Waals surface area contributed by atoms with Crippen LogP contribution >= 0.6 is 0 Å². The van der Waals surface area contributed by atoms with Gasteiger partial charge in [-0.05, 0) is 18.2 Å². The summed E-state index contributed by atoms with van der Waals surface area (Å²) in [5.74, 6) is 1.69. The summed E-state index contributed by atoms with van der Waals surface area (Å²) in [6.07, 6.45) is 1.52. The maximum atomic E-state index is 8.96. The average Bonchev–Trinajstić information content (AvgIpc) is 2.49. The predicted molar refractivity (Wildman–Crippen MR) is 76.2 cm³/mol. The Hall–Kier alpha value is -2.94. The maximum absolute atomic E-state index is 8.96. The van der Waals surface area contributed by atoms with E-state index in [-0.39, 0.29) is 0 Å². The summed E-state index contributed by atoms with van der Waals surface area (Å²) in [6, 6.07) is 8.89. The van der Waals surface area contributed by atoms with Crippen molar-refractivity contribution >= 4 is 17.2 Å². The second-order valence-corrected chi connectivity index (χ2v) is 3.92.